The first-order valence-corrected chi connectivity index (χ1v) is 8.74. The van der Waals surface area contributed by atoms with Crippen molar-refractivity contribution in [1.82, 2.24) is 0 Å². The molecule has 0 aliphatic carbocycles. The van der Waals surface area contributed by atoms with Crippen LogP contribution in [0.3, 0.4) is 0 Å². The van der Waals surface area contributed by atoms with Crippen LogP contribution in [0.25, 0.3) is 0 Å². The zero-order valence-corrected chi connectivity index (χ0v) is 15.4. The summed E-state index contributed by atoms with van der Waals surface area (Å²) in [6.07, 6.45) is -4.58. The minimum atomic E-state index is -4.53. The molecule has 6 nitrogen and oxygen atoms in total. The van der Waals surface area contributed by atoms with Gasteiger partial charge < -0.3 is 15.5 Å². The highest BCUT2D eigenvalue weighted by Crippen LogP contribution is 2.29. The molecule has 2 aromatic rings. The van der Waals surface area contributed by atoms with Crippen molar-refractivity contribution in [2.24, 2.45) is 16.8 Å². The van der Waals surface area contributed by atoms with E-state index in [1.165, 1.54) is 17.0 Å². The number of benzene rings is 2. The summed E-state index contributed by atoms with van der Waals surface area (Å²) in [4.78, 5) is 30.7. The van der Waals surface area contributed by atoms with E-state index >= 15 is 0 Å². The number of alkyl halides is 3. The second kappa shape index (κ2) is 7.94. The molecular formula is C20H18F3N3O3. The second-order valence-electron chi connectivity index (χ2n) is 6.71. The number of carbonyl (C=O) groups is 2. The molecule has 152 valence electrons. The normalized spacial score (nSPS) is 17.5. The highest BCUT2D eigenvalue weighted by Gasteiger charge is 2.36. The highest BCUT2D eigenvalue weighted by molar-refractivity contribution is 6.00. The molecule has 3 rings (SSSR count). The lowest BCUT2D eigenvalue weighted by Gasteiger charge is -2.16. The topological polar surface area (TPSA) is 85.0 Å². The maximum atomic E-state index is 12.8. The first-order valence-electron chi connectivity index (χ1n) is 8.74. The lowest BCUT2D eigenvalue weighted by Crippen LogP contribution is -2.26. The Labute approximate surface area is 164 Å². The van der Waals surface area contributed by atoms with Crippen molar-refractivity contribution in [2.75, 3.05) is 11.4 Å². The van der Waals surface area contributed by atoms with Gasteiger partial charge in [-0.25, -0.2) is 4.79 Å². The average Bonchev–Trinajstić information content (AvgIpc) is 3.07. The van der Waals surface area contributed by atoms with Gasteiger partial charge >= 0.3 is 12.1 Å². The molecule has 1 fully saturated rings. The van der Waals surface area contributed by atoms with Crippen LogP contribution < -0.4 is 10.6 Å². The Bertz CT molecular complexity index is 955. The average molecular weight is 405 g/mol. The quantitative estimate of drug-likeness (QED) is 0.366. The summed E-state index contributed by atoms with van der Waals surface area (Å²) in [5.74, 6) is -2.13. The third-order valence-electron chi connectivity index (χ3n) is 4.52. The van der Waals surface area contributed by atoms with E-state index in [1.807, 2.05) is 19.1 Å². The molecule has 1 amide bonds. The van der Waals surface area contributed by atoms with E-state index in [2.05, 4.69) is 5.16 Å². The van der Waals surface area contributed by atoms with Crippen LogP contribution >= 0.6 is 0 Å². The van der Waals surface area contributed by atoms with Gasteiger partial charge in [0.15, 0.2) is 5.84 Å². The minimum absolute atomic E-state index is 0.0311. The fourth-order valence-electron chi connectivity index (χ4n) is 2.92. The summed E-state index contributed by atoms with van der Waals surface area (Å²) in [5, 5.41) is 3.44. The third kappa shape index (κ3) is 4.74. The van der Waals surface area contributed by atoms with Crippen molar-refractivity contribution in [1.29, 1.82) is 0 Å². The predicted octanol–water partition coefficient (Wildman–Crippen LogP) is 3.23. The lowest BCUT2D eigenvalue weighted by molar-refractivity contribution is -0.148. The molecule has 0 bridgehead atoms. The third-order valence-corrected chi connectivity index (χ3v) is 4.52. The van der Waals surface area contributed by atoms with Crippen molar-refractivity contribution in [3.8, 4) is 0 Å². The summed E-state index contributed by atoms with van der Waals surface area (Å²) in [6, 6.07) is 11.5. The molecule has 9 heteroatoms. The number of rotatable bonds is 4. The summed E-state index contributed by atoms with van der Waals surface area (Å²) in [6.45, 7) is 2.04. The lowest BCUT2D eigenvalue weighted by atomic mass is 10.1. The fourth-order valence-corrected chi connectivity index (χ4v) is 2.92. The van der Waals surface area contributed by atoms with Gasteiger partial charge in [-0.15, -0.1) is 0 Å². The summed E-state index contributed by atoms with van der Waals surface area (Å²) in [7, 11) is 0. The minimum Gasteiger partial charge on any atom is -0.380 e. The number of oxime groups is 1. The van der Waals surface area contributed by atoms with E-state index in [0.717, 1.165) is 17.7 Å². The molecular weight excluding hydrogens is 387 g/mol. The summed E-state index contributed by atoms with van der Waals surface area (Å²) in [5.41, 5.74) is 6.42. The number of hydrogen-bond acceptors (Lipinski definition) is 4. The SMILES string of the molecule is Cc1ccc(N2CC(C(=O)ON=C(N)c3cccc(C(F)(F)F)c3)CC2=O)cc1. The van der Waals surface area contributed by atoms with Crippen LogP contribution in [0.5, 0.6) is 0 Å². The number of anilines is 1. The van der Waals surface area contributed by atoms with Crippen LogP contribution in [0.1, 0.15) is 23.1 Å². The van der Waals surface area contributed by atoms with Gasteiger partial charge in [-0.3, -0.25) is 4.79 Å². The zero-order valence-electron chi connectivity index (χ0n) is 15.4. The maximum absolute atomic E-state index is 12.8. The molecule has 0 aromatic heterocycles. The monoisotopic (exact) mass is 405 g/mol. The van der Waals surface area contributed by atoms with E-state index in [0.29, 0.717) is 5.69 Å². The van der Waals surface area contributed by atoms with Gasteiger partial charge in [0.2, 0.25) is 5.91 Å². The molecule has 1 aliphatic rings. The van der Waals surface area contributed by atoms with Crippen molar-refractivity contribution < 1.29 is 27.6 Å². The molecule has 1 heterocycles. The zero-order chi connectivity index (χ0) is 21.2. The van der Waals surface area contributed by atoms with Crippen LogP contribution in [-0.2, 0) is 20.6 Å². The van der Waals surface area contributed by atoms with Crippen LogP contribution in [0, 0.1) is 12.8 Å². The number of halogens is 3. The molecule has 0 saturated carbocycles. The van der Waals surface area contributed by atoms with Gasteiger partial charge in [-0.2, -0.15) is 13.2 Å². The Kier molecular flexibility index (Phi) is 5.58. The van der Waals surface area contributed by atoms with Crippen LogP contribution in [0.15, 0.2) is 53.7 Å². The maximum Gasteiger partial charge on any atom is 0.416 e. The smallest absolute Gasteiger partial charge is 0.380 e. The highest BCUT2D eigenvalue weighted by atomic mass is 19.4. The Balaban J connectivity index is 1.66. The number of hydrogen-bond donors (Lipinski definition) is 1. The molecule has 1 aliphatic heterocycles. The molecule has 1 atom stereocenters. The molecule has 0 spiro atoms. The predicted molar refractivity (Wildman–Crippen MR) is 99.9 cm³/mol. The van der Waals surface area contributed by atoms with E-state index in [4.69, 9.17) is 10.6 Å². The number of amides is 1. The fraction of sp³-hybridized carbons (Fsp3) is 0.250. The number of nitrogens with two attached hydrogens (primary N) is 1. The van der Waals surface area contributed by atoms with Crippen LogP contribution in [0.2, 0.25) is 0 Å². The van der Waals surface area contributed by atoms with E-state index < -0.39 is 23.6 Å². The summed E-state index contributed by atoms with van der Waals surface area (Å²) >= 11 is 0. The van der Waals surface area contributed by atoms with Gasteiger partial charge in [0.1, 0.15) is 0 Å². The largest absolute Gasteiger partial charge is 0.416 e. The summed E-state index contributed by atoms with van der Waals surface area (Å²) < 4.78 is 38.3. The van der Waals surface area contributed by atoms with Crippen molar-refractivity contribution in [3.05, 3.63) is 65.2 Å². The van der Waals surface area contributed by atoms with Gasteiger partial charge in [-0.1, -0.05) is 35.0 Å². The van der Waals surface area contributed by atoms with Crippen molar-refractivity contribution in [3.63, 3.8) is 0 Å². The molecule has 1 saturated heterocycles. The van der Waals surface area contributed by atoms with E-state index in [9.17, 15) is 22.8 Å². The molecule has 2 N–H and O–H groups in total. The number of nitrogens with zero attached hydrogens (tertiary/aromatic N) is 2. The van der Waals surface area contributed by atoms with Crippen molar-refractivity contribution >= 4 is 23.4 Å². The molecule has 0 radical (unpaired) electrons. The van der Waals surface area contributed by atoms with Crippen molar-refractivity contribution in [2.45, 2.75) is 19.5 Å². The van der Waals surface area contributed by atoms with E-state index in [-0.39, 0.29) is 30.3 Å². The Morgan fingerprint density at radius 3 is 2.55 bits per heavy atom. The number of carbonyl (C=O) groups excluding carboxylic acids is 2. The molecule has 29 heavy (non-hydrogen) atoms. The van der Waals surface area contributed by atoms with E-state index in [1.54, 1.807) is 12.1 Å². The first kappa shape index (κ1) is 20.4. The Morgan fingerprint density at radius 2 is 1.90 bits per heavy atom. The van der Waals surface area contributed by atoms with Gasteiger partial charge in [0, 0.05) is 24.2 Å². The Morgan fingerprint density at radius 1 is 1.21 bits per heavy atom. The van der Waals surface area contributed by atoms with Crippen LogP contribution in [-0.4, -0.2) is 24.3 Å². The standard InChI is InChI=1S/C20H18F3N3O3/c1-12-5-7-16(8-6-12)26-11-14(10-17(26)27)19(28)29-25-18(24)13-3-2-4-15(9-13)20(21,22)23/h2-9,14H,10-11H2,1H3,(H2,24,25). The first-order chi connectivity index (χ1) is 13.6. The second-order valence-corrected chi connectivity index (χ2v) is 6.71. The number of aryl methyl sites for hydroxylation is 1. The number of amidine groups is 1. The van der Waals surface area contributed by atoms with Crippen LogP contribution in [0.4, 0.5) is 18.9 Å². The molecule has 2 aromatic carbocycles. The van der Waals surface area contributed by atoms with Gasteiger partial charge in [0.05, 0.1) is 11.5 Å². The van der Waals surface area contributed by atoms with Gasteiger partial charge in [0.25, 0.3) is 0 Å². The van der Waals surface area contributed by atoms with Gasteiger partial charge in [-0.05, 0) is 31.2 Å². The molecule has 1 unspecified atom stereocenters. The Hall–Kier alpha value is -3.36.